The summed E-state index contributed by atoms with van der Waals surface area (Å²) in [5.74, 6) is 0.564. The molecule has 2 saturated heterocycles. The first-order valence-electron chi connectivity index (χ1n) is 9.21. The Bertz CT molecular complexity index is 583. The molecule has 2 bridgehead atoms. The molecular weight excluding hydrogens is 305 g/mol. The van der Waals surface area contributed by atoms with Crippen LogP contribution in [0, 0.1) is 11.7 Å². The quantitative estimate of drug-likeness (QED) is 0.924. The molecule has 0 spiro atoms. The maximum absolute atomic E-state index is 13.0. The van der Waals surface area contributed by atoms with Crippen molar-refractivity contribution in [2.75, 3.05) is 19.6 Å². The number of carbonyl (C=O) groups excluding carboxylic acids is 1. The van der Waals surface area contributed by atoms with E-state index >= 15 is 0 Å². The van der Waals surface area contributed by atoms with E-state index in [4.69, 9.17) is 0 Å². The summed E-state index contributed by atoms with van der Waals surface area (Å²) in [4.78, 5) is 16.9. The van der Waals surface area contributed by atoms with E-state index in [0.717, 1.165) is 50.5 Å². The molecule has 0 aromatic heterocycles. The minimum atomic E-state index is -0.184. The lowest BCUT2D eigenvalue weighted by atomic mass is 10.0. The Morgan fingerprint density at radius 1 is 1.12 bits per heavy atom. The van der Waals surface area contributed by atoms with E-state index in [1.54, 1.807) is 0 Å². The molecule has 2 heterocycles. The van der Waals surface area contributed by atoms with Crippen LogP contribution in [-0.2, 0) is 6.54 Å². The van der Waals surface area contributed by atoms with Crippen molar-refractivity contribution in [3.8, 4) is 0 Å². The van der Waals surface area contributed by atoms with Crippen molar-refractivity contribution in [3.63, 3.8) is 0 Å². The summed E-state index contributed by atoms with van der Waals surface area (Å²) in [5, 5.41) is 3.25. The maximum Gasteiger partial charge on any atom is 0.317 e. The summed E-state index contributed by atoms with van der Waals surface area (Å²) in [6, 6.07) is 7.68. The molecule has 4 rings (SSSR count). The lowest BCUT2D eigenvalue weighted by Gasteiger charge is -2.34. The molecule has 1 saturated carbocycles. The molecule has 3 aliphatic rings. The highest BCUT2D eigenvalue weighted by Gasteiger charge is 2.40. The maximum atomic E-state index is 13.0. The van der Waals surface area contributed by atoms with Crippen molar-refractivity contribution >= 4 is 6.03 Å². The summed E-state index contributed by atoms with van der Waals surface area (Å²) in [5.41, 5.74) is 1.15. The highest BCUT2D eigenvalue weighted by atomic mass is 19.1. The Balaban J connectivity index is 1.23. The Labute approximate surface area is 143 Å². The van der Waals surface area contributed by atoms with E-state index in [9.17, 15) is 9.18 Å². The van der Waals surface area contributed by atoms with Crippen LogP contribution >= 0.6 is 0 Å². The first-order chi connectivity index (χ1) is 11.7. The third-order valence-corrected chi connectivity index (χ3v) is 5.90. The third kappa shape index (κ3) is 3.41. The van der Waals surface area contributed by atoms with Gasteiger partial charge in [-0.05, 0) is 55.7 Å². The SMILES string of the molecule is O=C(NC1CCN(Cc2ccc(F)cc2)CC1)N1C[C@H]2CC[C@H]1C2. The number of nitrogens with zero attached hydrogens (tertiary/aromatic N) is 2. The number of urea groups is 1. The first kappa shape index (κ1) is 15.9. The lowest BCUT2D eigenvalue weighted by Crippen LogP contribution is -2.51. The van der Waals surface area contributed by atoms with Gasteiger partial charge in [0, 0.05) is 38.3 Å². The van der Waals surface area contributed by atoms with Gasteiger partial charge in [-0.2, -0.15) is 0 Å². The van der Waals surface area contributed by atoms with E-state index in [1.165, 1.54) is 31.4 Å². The van der Waals surface area contributed by atoms with Gasteiger partial charge in [-0.15, -0.1) is 0 Å². The monoisotopic (exact) mass is 331 g/mol. The van der Waals surface area contributed by atoms with Crippen LogP contribution in [0.1, 0.15) is 37.7 Å². The Kier molecular flexibility index (Phi) is 4.44. The molecule has 3 fully saturated rings. The molecule has 1 aromatic carbocycles. The zero-order valence-electron chi connectivity index (χ0n) is 14.1. The number of carbonyl (C=O) groups is 1. The van der Waals surface area contributed by atoms with Gasteiger partial charge in [0.25, 0.3) is 0 Å². The number of halogens is 1. The van der Waals surface area contributed by atoms with Gasteiger partial charge < -0.3 is 10.2 Å². The number of rotatable bonds is 3. The second-order valence-electron chi connectivity index (χ2n) is 7.61. The number of hydrogen-bond donors (Lipinski definition) is 1. The molecule has 0 unspecified atom stereocenters. The fraction of sp³-hybridized carbons (Fsp3) is 0.632. The Morgan fingerprint density at radius 2 is 1.88 bits per heavy atom. The second kappa shape index (κ2) is 6.71. The molecule has 24 heavy (non-hydrogen) atoms. The normalized spacial score (nSPS) is 27.6. The van der Waals surface area contributed by atoms with Gasteiger partial charge in [0.05, 0.1) is 0 Å². The van der Waals surface area contributed by atoms with Crippen LogP contribution in [0.5, 0.6) is 0 Å². The fourth-order valence-corrected chi connectivity index (χ4v) is 4.51. The molecule has 2 aliphatic heterocycles. The van der Waals surface area contributed by atoms with Gasteiger partial charge in [-0.3, -0.25) is 4.90 Å². The number of piperidine rings is 2. The van der Waals surface area contributed by atoms with Crippen molar-refractivity contribution in [2.45, 2.75) is 50.7 Å². The average molecular weight is 331 g/mol. The van der Waals surface area contributed by atoms with E-state index < -0.39 is 0 Å². The van der Waals surface area contributed by atoms with E-state index in [-0.39, 0.29) is 11.8 Å². The van der Waals surface area contributed by atoms with Crippen molar-refractivity contribution < 1.29 is 9.18 Å². The van der Waals surface area contributed by atoms with Crippen LogP contribution in [0.2, 0.25) is 0 Å². The largest absolute Gasteiger partial charge is 0.335 e. The standard InChI is InChI=1S/C19H26FN3O/c20-16-4-1-14(2-5-16)12-22-9-7-17(8-10-22)21-19(24)23-13-15-3-6-18(23)11-15/h1-2,4-5,15,17-18H,3,6-13H2,(H,21,24)/t15-,18-/m0/s1. The van der Waals surface area contributed by atoms with Gasteiger partial charge in [0.15, 0.2) is 0 Å². The number of amides is 2. The highest BCUT2D eigenvalue weighted by molar-refractivity contribution is 5.75. The molecular formula is C19H26FN3O. The number of hydrogen-bond acceptors (Lipinski definition) is 2. The van der Waals surface area contributed by atoms with Crippen LogP contribution in [0.15, 0.2) is 24.3 Å². The number of benzene rings is 1. The lowest BCUT2D eigenvalue weighted by molar-refractivity contribution is 0.159. The predicted molar refractivity (Wildman–Crippen MR) is 91.1 cm³/mol. The summed E-state index contributed by atoms with van der Waals surface area (Å²) in [6.45, 7) is 3.78. The van der Waals surface area contributed by atoms with Crippen molar-refractivity contribution in [3.05, 3.63) is 35.6 Å². The molecule has 130 valence electrons. The van der Waals surface area contributed by atoms with Crippen molar-refractivity contribution in [1.29, 1.82) is 0 Å². The molecule has 2 atom stereocenters. The Morgan fingerprint density at radius 3 is 2.50 bits per heavy atom. The van der Waals surface area contributed by atoms with Crippen LogP contribution in [0.4, 0.5) is 9.18 Å². The summed E-state index contributed by atoms with van der Waals surface area (Å²) in [7, 11) is 0. The van der Waals surface area contributed by atoms with E-state index in [0.29, 0.717) is 12.1 Å². The number of nitrogens with one attached hydrogen (secondary N) is 1. The van der Waals surface area contributed by atoms with Crippen molar-refractivity contribution in [2.24, 2.45) is 5.92 Å². The molecule has 4 nitrogen and oxygen atoms in total. The average Bonchev–Trinajstić information content (AvgIpc) is 3.22. The first-order valence-corrected chi connectivity index (χ1v) is 9.21. The zero-order chi connectivity index (χ0) is 16.5. The molecule has 1 N–H and O–H groups in total. The molecule has 5 heteroatoms. The van der Waals surface area contributed by atoms with Gasteiger partial charge in [-0.25, -0.2) is 9.18 Å². The van der Waals surface area contributed by atoms with E-state index in [2.05, 4.69) is 15.1 Å². The molecule has 1 aromatic rings. The predicted octanol–water partition coefficient (Wildman–Crippen LogP) is 2.98. The van der Waals surface area contributed by atoms with E-state index in [1.807, 2.05) is 12.1 Å². The van der Waals surface area contributed by atoms with Crippen LogP contribution in [-0.4, -0.2) is 47.5 Å². The minimum absolute atomic E-state index is 0.152. The Hall–Kier alpha value is -1.62. The molecule has 1 aliphatic carbocycles. The van der Waals surface area contributed by atoms with Gasteiger partial charge in [-0.1, -0.05) is 12.1 Å². The third-order valence-electron chi connectivity index (χ3n) is 5.90. The number of likely N-dealkylation sites (tertiary alicyclic amines) is 2. The summed E-state index contributed by atoms with van der Waals surface area (Å²) in [6.07, 6.45) is 5.69. The van der Waals surface area contributed by atoms with Gasteiger partial charge >= 0.3 is 6.03 Å². The van der Waals surface area contributed by atoms with Gasteiger partial charge in [0.1, 0.15) is 5.82 Å². The zero-order valence-corrected chi connectivity index (χ0v) is 14.1. The second-order valence-corrected chi connectivity index (χ2v) is 7.61. The van der Waals surface area contributed by atoms with Crippen molar-refractivity contribution in [1.82, 2.24) is 15.1 Å². The van der Waals surface area contributed by atoms with Crippen LogP contribution < -0.4 is 5.32 Å². The fourth-order valence-electron chi connectivity index (χ4n) is 4.51. The minimum Gasteiger partial charge on any atom is -0.335 e. The summed E-state index contributed by atoms with van der Waals surface area (Å²) < 4.78 is 13.0. The topological polar surface area (TPSA) is 35.6 Å². The highest BCUT2D eigenvalue weighted by Crippen LogP contribution is 2.37. The number of fused-ring (bicyclic) bond motifs is 2. The smallest absolute Gasteiger partial charge is 0.317 e. The molecule has 2 amide bonds. The molecule has 0 radical (unpaired) electrons. The summed E-state index contributed by atoms with van der Waals surface area (Å²) >= 11 is 0. The van der Waals surface area contributed by atoms with Gasteiger partial charge in [0.2, 0.25) is 0 Å². The van der Waals surface area contributed by atoms with Crippen LogP contribution in [0.3, 0.4) is 0 Å². The van der Waals surface area contributed by atoms with Crippen LogP contribution in [0.25, 0.3) is 0 Å².